The lowest BCUT2D eigenvalue weighted by Crippen LogP contribution is -2.49. The van der Waals surface area contributed by atoms with Crippen molar-refractivity contribution in [2.45, 2.75) is 65.5 Å². The Hall–Kier alpha value is -3.38. The molecule has 0 unspecified atom stereocenters. The van der Waals surface area contributed by atoms with E-state index in [-0.39, 0.29) is 16.9 Å². The second kappa shape index (κ2) is 11.6. The van der Waals surface area contributed by atoms with E-state index in [0.717, 1.165) is 31.1 Å². The van der Waals surface area contributed by atoms with Crippen LogP contribution in [0.2, 0.25) is 0 Å². The molecule has 4 rings (SSSR count). The Kier molecular flexibility index (Phi) is 8.41. The topological polar surface area (TPSA) is 57.7 Å². The summed E-state index contributed by atoms with van der Waals surface area (Å²) in [7, 11) is 0. The SMILES string of the molecule is CC(C)(C)c1cc(COc2ccc(NC(=O)N3CCN(Cc4ccncc4)CC3)cc2)cc(C(C)(C)C)c1. The second-order valence-corrected chi connectivity index (χ2v) is 12.3. The summed E-state index contributed by atoms with van der Waals surface area (Å²) in [4.78, 5) is 21.1. The number of ether oxygens (including phenoxy) is 1. The quantitative estimate of drug-likeness (QED) is 0.402. The van der Waals surface area contributed by atoms with Crippen molar-refractivity contribution in [1.82, 2.24) is 14.8 Å². The van der Waals surface area contributed by atoms with Crippen LogP contribution in [0.25, 0.3) is 0 Å². The fourth-order valence-electron chi connectivity index (χ4n) is 4.50. The number of aromatic nitrogens is 1. The molecule has 6 nitrogen and oxygen atoms in total. The Morgan fingerprint density at radius 2 is 1.39 bits per heavy atom. The predicted molar refractivity (Wildman–Crippen MR) is 155 cm³/mol. The zero-order valence-corrected chi connectivity index (χ0v) is 23.8. The number of benzene rings is 2. The Balaban J connectivity index is 1.29. The molecule has 3 aromatic rings. The fraction of sp³-hybridized carbons (Fsp3) is 0.438. The van der Waals surface area contributed by atoms with Gasteiger partial charge in [0.25, 0.3) is 0 Å². The minimum Gasteiger partial charge on any atom is -0.489 e. The predicted octanol–water partition coefficient (Wildman–Crippen LogP) is 6.61. The van der Waals surface area contributed by atoms with Crippen LogP contribution >= 0.6 is 0 Å². The molecule has 2 aromatic carbocycles. The Labute approximate surface area is 228 Å². The fourth-order valence-corrected chi connectivity index (χ4v) is 4.50. The van der Waals surface area contributed by atoms with E-state index in [0.29, 0.717) is 19.7 Å². The van der Waals surface area contributed by atoms with E-state index in [1.165, 1.54) is 22.3 Å². The molecule has 0 spiro atoms. The maximum atomic E-state index is 12.8. The third-order valence-corrected chi connectivity index (χ3v) is 7.05. The van der Waals surface area contributed by atoms with E-state index in [2.05, 4.69) is 74.9 Å². The first-order chi connectivity index (χ1) is 18.0. The maximum Gasteiger partial charge on any atom is 0.321 e. The molecule has 38 heavy (non-hydrogen) atoms. The molecule has 1 fully saturated rings. The average molecular weight is 515 g/mol. The minimum absolute atomic E-state index is 0.0593. The smallest absolute Gasteiger partial charge is 0.321 e. The maximum absolute atomic E-state index is 12.8. The van der Waals surface area contributed by atoms with Gasteiger partial charge < -0.3 is 15.0 Å². The number of nitrogens with one attached hydrogen (secondary N) is 1. The molecular weight excluding hydrogens is 472 g/mol. The molecule has 1 N–H and O–H groups in total. The highest BCUT2D eigenvalue weighted by atomic mass is 16.5. The Morgan fingerprint density at radius 3 is 1.95 bits per heavy atom. The highest BCUT2D eigenvalue weighted by Gasteiger charge is 2.22. The molecule has 0 bridgehead atoms. The number of pyridine rings is 1. The van der Waals surface area contributed by atoms with Crippen LogP contribution in [0.15, 0.2) is 67.0 Å². The first-order valence-corrected chi connectivity index (χ1v) is 13.5. The van der Waals surface area contributed by atoms with Crippen LogP contribution in [0, 0.1) is 0 Å². The number of piperazine rings is 1. The Morgan fingerprint density at radius 1 is 0.816 bits per heavy atom. The number of hydrogen-bond donors (Lipinski definition) is 1. The molecule has 6 heteroatoms. The van der Waals surface area contributed by atoms with Crippen LogP contribution in [-0.2, 0) is 24.0 Å². The third-order valence-electron chi connectivity index (χ3n) is 7.05. The molecular formula is C32H42N4O2. The number of anilines is 1. The van der Waals surface area contributed by atoms with Crippen LogP contribution in [0.4, 0.5) is 10.5 Å². The van der Waals surface area contributed by atoms with Crippen LogP contribution in [0.5, 0.6) is 5.75 Å². The van der Waals surface area contributed by atoms with Crippen molar-refractivity contribution in [3.63, 3.8) is 0 Å². The number of carbonyl (C=O) groups is 1. The van der Waals surface area contributed by atoms with Crippen molar-refractivity contribution in [2.24, 2.45) is 0 Å². The van der Waals surface area contributed by atoms with Crippen LogP contribution in [0.3, 0.4) is 0 Å². The van der Waals surface area contributed by atoms with Gasteiger partial charge >= 0.3 is 6.03 Å². The lowest BCUT2D eigenvalue weighted by Gasteiger charge is -2.34. The molecule has 1 aliphatic rings. The van der Waals surface area contributed by atoms with E-state index in [4.69, 9.17) is 4.74 Å². The van der Waals surface area contributed by atoms with Gasteiger partial charge in [0.2, 0.25) is 0 Å². The molecule has 2 heterocycles. The van der Waals surface area contributed by atoms with Crippen molar-refractivity contribution < 1.29 is 9.53 Å². The van der Waals surface area contributed by atoms with Crippen molar-refractivity contribution >= 4 is 11.7 Å². The number of hydrogen-bond acceptors (Lipinski definition) is 4. The number of rotatable bonds is 6. The van der Waals surface area contributed by atoms with Gasteiger partial charge in [-0.2, -0.15) is 0 Å². The third kappa shape index (κ3) is 7.57. The van der Waals surface area contributed by atoms with Crippen LogP contribution in [0.1, 0.15) is 63.8 Å². The van der Waals surface area contributed by atoms with Gasteiger partial charge in [-0.25, -0.2) is 4.79 Å². The summed E-state index contributed by atoms with van der Waals surface area (Å²) >= 11 is 0. The highest BCUT2D eigenvalue weighted by molar-refractivity contribution is 5.89. The standard InChI is InChI=1S/C32H42N4O2/c1-31(2,3)26-19-25(20-27(21-26)32(4,5)6)23-38-29-9-7-28(8-10-29)34-30(37)36-17-15-35(16-18-36)22-24-11-13-33-14-12-24/h7-14,19-21H,15-18,22-23H2,1-6H3,(H,34,37). The molecule has 0 atom stereocenters. The number of urea groups is 1. The molecule has 1 aliphatic heterocycles. The van der Waals surface area contributed by atoms with Crippen LogP contribution in [-0.4, -0.2) is 47.0 Å². The number of carbonyl (C=O) groups excluding carboxylic acids is 1. The molecule has 0 radical (unpaired) electrons. The molecule has 1 saturated heterocycles. The molecule has 2 amide bonds. The van der Waals surface area contributed by atoms with E-state index in [9.17, 15) is 4.79 Å². The van der Waals surface area contributed by atoms with E-state index in [1.807, 2.05) is 53.7 Å². The lowest BCUT2D eigenvalue weighted by atomic mass is 9.79. The van der Waals surface area contributed by atoms with Crippen molar-refractivity contribution in [3.05, 3.63) is 89.2 Å². The first kappa shape index (κ1) is 27.6. The van der Waals surface area contributed by atoms with Gasteiger partial charge in [-0.1, -0.05) is 59.7 Å². The zero-order chi connectivity index (χ0) is 27.3. The van der Waals surface area contributed by atoms with Gasteiger partial charge in [-0.05, 0) is 69.5 Å². The lowest BCUT2D eigenvalue weighted by molar-refractivity contribution is 0.143. The summed E-state index contributed by atoms with van der Waals surface area (Å²) < 4.78 is 6.13. The van der Waals surface area contributed by atoms with E-state index in [1.54, 1.807) is 0 Å². The normalized spacial score (nSPS) is 14.8. The first-order valence-electron chi connectivity index (χ1n) is 13.5. The van der Waals surface area contributed by atoms with Crippen molar-refractivity contribution in [3.8, 4) is 5.75 Å². The van der Waals surface area contributed by atoms with Gasteiger partial charge in [0.05, 0.1) is 0 Å². The van der Waals surface area contributed by atoms with Gasteiger partial charge in [0, 0.05) is 50.8 Å². The van der Waals surface area contributed by atoms with Crippen LogP contribution < -0.4 is 10.1 Å². The number of nitrogens with zero attached hydrogens (tertiary/aromatic N) is 3. The summed E-state index contributed by atoms with van der Waals surface area (Å²) in [5, 5.41) is 3.03. The summed E-state index contributed by atoms with van der Waals surface area (Å²) in [6, 6.07) is 18.5. The molecule has 0 saturated carbocycles. The second-order valence-electron chi connectivity index (χ2n) is 12.3. The van der Waals surface area contributed by atoms with Gasteiger partial charge in [0.1, 0.15) is 12.4 Å². The van der Waals surface area contributed by atoms with E-state index >= 15 is 0 Å². The van der Waals surface area contributed by atoms with Gasteiger partial charge in [0.15, 0.2) is 0 Å². The molecule has 0 aliphatic carbocycles. The largest absolute Gasteiger partial charge is 0.489 e. The summed E-state index contributed by atoms with van der Waals surface area (Å²) in [6.45, 7) is 18.0. The Bertz CT molecular complexity index is 1170. The highest BCUT2D eigenvalue weighted by Crippen LogP contribution is 2.31. The minimum atomic E-state index is -0.0593. The van der Waals surface area contributed by atoms with Gasteiger partial charge in [-0.3, -0.25) is 9.88 Å². The molecule has 1 aromatic heterocycles. The zero-order valence-electron chi connectivity index (χ0n) is 23.8. The van der Waals surface area contributed by atoms with Crippen molar-refractivity contribution in [2.75, 3.05) is 31.5 Å². The average Bonchev–Trinajstić information content (AvgIpc) is 2.88. The number of amides is 2. The molecule has 202 valence electrons. The van der Waals surface area contributed by atoms with Gasteiger partial charge in [-0.15, -0.1) is 0 Å². The summed E-state index contributed by atoms with van der Waals surface area (Å²) in [5.74, 6) is 0.784. The monoisotopic (exact) mass is 514 g/mol. The van der Waals surface area contributed by atoms with E-state index < -0.39 is 0 Å². The summed E-state index contributed by atoms with van der Waals surface area (Å²) in [5.41, 5.74) is 5.97. The van der Waals surface area contributed by atoms with Crippen molar-refractivity contribution in [1.29, 1.82) is 0 Å². The summed E-state index contributed by atoms with van der Waals surface area (Å²) in [6.07, 6.45) is 3.64.